The van der Waals surface area contributed by atoms with E-state index in [0.717, 1.165) is 28.5 Å². The van der Waals surface area contributed by atoms with E-state index in [-0.39, 0.29) is 0 Å². The number of nitrogens with zero attached hydrogens (tertiary/aromatic N) is 5. The van der Waals surface area contributed by atoms with Crippen LogP contribution in [0.5, 0.6) is 5.75 Å². The summed E-state index contributed by atoms with van der Waals surface area (Å²) in [6.07, 6.45) is 0. The Morgan fingerprint density at radius 1 is 1.22 bits per heavy atom. The minimum absolute atomic E-state index is 0.503. The van der Waals surface area contributed by atoms with Gasteiger partial charge in [-0.2, -0.15) is 5.10 Å². The van der Waals surface area contributed by atoms with E-state index in [1.807, 2.05) is 44.2 Å². The third-order valence-electron chi connectivity index (χ3n) is 3.35. The summed E-state index contributed by atoms with van der Waals surface area (Å²) in [7, 11) is 1.66. The highest BCUT2D eigenvalue weighted by atomic mass is 32.2. The SMILES string of the molecule is COc1cccc(CSc2nnc(-n3nc(C)cc3C)n2N)c1. The third kappa shape index (κ3) is 3.16. The van der Waals surface area contributed by atoms with Gasteiger partial charge in [-0.15, -0.1) is 10.2 Å². The minimum Gasteiger partial charge on any atom is -0.497 e. The van der Waals surface area contributed by atoms with Crippen LogP contribution in [0.25, 0.3) is 5.95 Å². The van der Waals surface area contributed by atoms with Crippen LogP contribution < -0.4 is 10.6 Å². The van der Waals surface area contributed by atoms with Crippen LogP contribution in [0.4, 0.5) is 0 Å². The molecule has 0 atom stereocenters. The summed E-state index contributed by atoms with van der Waals surface area (Å²) in [6, 6.07) is 9.88. The Kier molecular flexibility index (Phi) is 4.24. The standard InChI is InChI=1S/C15H18N6OS/c1-10-7-11(2)21(19-10)14-17-18-15(20(14)16)23-9-12-5-4-6-13(8-12)22-3/h4-8H,9,16H2,1-3H3. The molecule has 2 N–H and O–H groups in total. The van der Waals surface area contributed by atoms with Crippen LogP contribution in [0.3, 0.4) is 0 Å². The number of hydrogen-bond donors (Lipinski definition) is 1. The maximum Gasteiger partial charge on any atom is 0.271 e. The van der Waals surface area contributed by atoms with Crippen LogP contribution >= 0.6 is 11.8 Å². The van der Waals surface area contributed by atoms with Crippen LogP contribution in [0.15, 0.2) is 35.5 Å². The Balaban J connectivity index is 1.78. The molecule has 2 aromatic heterocycles. The highest BCUT2D eigenvalue weighted by Crippen LogP contribution is 2.23. The van der Waals surface area contributed by atoms with Gasteiger partial charge in [0.1, 0.15) is 5.75 Å². The van der Waals surface area contributed by atoms with Gasteiger partial charge in [0.05, 0.1) is 12.8 Å². The van der Waals surface area contributed by atoms with E-state index in [9.17, 15) is 0 Å². The number of ether oxygens (including phenoxy) is 1. The van der Waals surface area contributed by atoms with Crippen molar-refractivity contribution in [1.82, 2.24) is 24.7 Å². The van der Waals surface area contributed by atoms with Gasteiger partial charge in [-0.1, -0.05) is 23.9 Å². The molecule has 0 aliphatic rings. The van der Waals surface area contributed by atoms with Crippen LogP contribution in [0, 0.1) is 13.8 Å². The zero-order chi connectivity index (χ0) is 16.4. The summed E-state index contributed by atoms with van der Waals surface area (Å²) in [6.45, 7) is 3.89. The Morgan fingerprint density at radius 2 is 2.04 bits per heavy atom. The molecule has 3 aromatic rings. The number of hydrogen-bond acceptors (Lipinski definition) is 6. The van der Waals surface area contributed by atoms with E-state index in [1.54, 1.807) is 11.8 Å². The minimum atomic E-state index is 0.503. The quantitative estimate of drug-likeness (QED) is 0.570. The molecule has 0 fully saturated rings. The van der Waals surface area contributed by atoms with Crippen LogP contribution in [-0.2, 0) is 5.75 Å². The van der Waals surface area contributed by atoms with Gasteiger partial charge in [0, 0.05) is 11.4 Å². The van der Waals surface area contributed by atoms with E-state index < -0.39 is 0 Å². The van der Waals surface area contributed by atoms with Crippen molar-refractivity contribution in [2.45, 2.75) is 24.8 Å². The summed E-state index contributed by atoms with van der Waals surface area (Å²) in [4.78, 5) is 0. The molecular weight excluding hydrogens is 312 g/mol. The summed E-state index contributed by atoms with van der Waals surface area (Å²) in [5, 5.41) is 13.3. The van der Waals surface area contributed by atoms with Gasteiger partial charge in [-0.05, 0) is 37.6 Å². The van der Waals surface area contributed by atoms with E-state index in [0.29, 0.717) is 11.1 Å². The first-order valence-corrected chi connectivity index (χ1v) is 8.07. The lowest BCUT2D eigenvalue weighted by atomic mass is 10.2. The van der Waals surface area contributed by atoms with Gasteiger partial charge in [0.25, 0.3) is 5.95 Å². The molecule has 3 rings (SSSR count). The van der Waals surface area contributed by atoms with Gasteiger partial charge in [-0.3, -0.25) is 0 Å². The molecule has 0 unspecified atom stereocenters. The molecule has 23 heavy (non-hydrogen) atoms. The first-order chi connectivity index (χ1) is 11.1. The predicted molar refractivity (Wildman–Crippen MR) is 89.3 cm³/mol. The lowest BCUT2D eigenvalue weighted by Gasteiger charge is -2.06. The number of methoxy groups -OCH3 is 1. The van der Waals surface area contributed by atoms with Crippen LogP contribution in [0.2, 0.25) is 0 Å². The zero-order valence-electron chi connectivity index (χ0n) is 13.2. The Labute approximate surface area is 138 Å². The van der Waals surface area contributed by atoms with E-state index >= 15 is 0 Å². The fourth-order valence-electron chi connectivity index (χ4n) is 2.25. The van der Waals surface area contributed by atoms with Crippen molar-refractivity contribution in [2.75, 3.05) is 13.0 Å². The molecule has 0 aliphatic heterocycles. The normalized spacial score (nSPS) is 10.9. The highest BCUT2D eigenvalue weighted by Gasteiger charge is 2.15. The monoisotopic (exact) mass is 330 g/mol. The van der Waals surface area contributed by atoms with Gasteiger partial charge in [-0.25, -0.2) is 9.36 Å². The van der Waals surface area contributed by atoms with Crippen LogP contribution in [-0.4, -0.2) is 31.8 Å². The van der Waals surface area contributed by atoms with Gasteiger partial charge in [0.2, 0.25) is 5.16 Å². The molecule has 0 aliphatic carbocycles. The lowest BCUT2D eigenvalue weighted by Crippen LogP contribution is -2.17. The molecule has 0 amide bonds. The Hall–Kier alpha value is -2.48. The molecule has 0 radical (unpaired) electrons. The largest absolute Gasteiger partial charge is 0.497 e. The molecule has 1 aromatic carbocycles. The Bertz CT molecular complexity index is 825. The smallest absolute Gasteiger partial charge is 0.271 e. The number of aryl methyl sites for hydroxylation is 2. The topological polar surface area (TPSA) is 83.8 Å². The van der Waals surface area contributed by atoms with Crippen molar-refractivity contribution in [3.05, 3.63) is 47.3 Å². The van der Waals surface area contributed by atoms with Crippen molar-refractivity contribution < 1.29 is 4.74 Å². The van der Waals surface area contributed by atoms with Gasteiger partial charge < -0.3 is 10.6 Å². The molecule has 7 nitrogen and oxygen atoms in total. The molecule has 0 spiro atoms. The van der Waals surface area contributed by atoms with E-state index in [2.05, 4.69) is 15.3 Å². The fourth-order valence-corrected chi connectivity index (χ4v) is 3.05. The molecule has 0 bridgehead atoms. The van der Waals surface area contributed by atoms with Gasteiger partial charge in [0.15, 0.2) is 0 Å². The van der Waals surface area contributed by atoms with Crippen molar-refractivity contribution in [1.29, 1.82) is 0 Å². The maximum atomic E-state index is 6.12. The average molecular weight is 330 g/mol. The van der Waals surface area contributed by atoms with Crippen LogP contribution in [0.1, 0.15) is 17.0 Å². The number of benzene rings is 1. The van der Waals surface area contributed by atoms with Crippen molar-refractivity contribution in [3.63, 3.8) is 0 Å². The average Bonchev–Trinajstić information content (AvgIpc) is 3.07. The second kappa shape index (κ2) is 6.33. The predicted octanol–water partition coefficient (Wildman–Crippen LogP) is 2.10. The number of thioether (sulfide) groups is 1. The molecular formula is C15H18N6OS. The third-order valence-corrected chi connectivity index (χ3v) is 4.36. The number of nitrogen functional groups attached to an aromatic ring is 1. The first-order valence-electron chi connectivity index (χ1n) is 7.08. The summed E-state index contributed by atoms with van der Waals surface area (Å²) < 4.78 is 8.38. The number of nitrogens with two attached hydrogens (primary N) is 1. The second-order valence-electron chi connectivity index (χ2n) is 5.13. The second-order valence-corrected chi connectivity index (χ2v) is 6.07. The summed E-state index contributed by atoms with van der Waals surface area (Å²) in [5.74, 6) is 8.18. The Morgan fingerprint density at radius 3 is 2.74 bits per heavy atom. The maximum absolute atomic E-state index is 6.12. The zero-order valence-corrected chi connectivity index (χ0v) is 14.0. The van der Waals surface area contributed by atoms with E-state index in [4.69, 9.17) is 10.6 Å². The van der Waals surface area contributed by atoms with Crippen molar-refractivity contribution in [3.8, 4) is 11.7 Å². The van der Waals surface area contributed by atoms with E-state index in [1.165, 1.54) is 16.4 Å². The molecule has 0 saturated carbocycles. The van der Waals surface area contributed by atoms with Crippen molar-refractivity contribution in [2.24, 2.45) is 0 Å². The lowest BCUT2D eigenvalue weighted by molar-refractivity contribution is 0.414. The number of rotatable bonds is 5. The molecule has 0 saturated heterocycles. The van der Waals surface area contributed by atoms with Crippen molar-refractivity contribution >= 4 is 11.8 Å². The fraction of sp³-hybridized carbons (Fsp3) is 0.267. The molecule has 2 heterocycles. The van der Waals surface area contributed by atoms with Gasteiger partial charge >= 0.3 is 0 Å². The highest BCUT2D eigenvalue weighted by molar-refractivity contribution is 7.98. The first kappa shape index (κ1) is 15.4. The molecule has 120 valence electrons. The summed E-state index contributed by atoms with van der Waals surface area (Å²) >= 11 is 1.52. The molecule has 8 heteroatoms. The summed E-state index contributed by atoms with van der Waals surface area (Å²) in [5.41, 5.74) is 3.01. The number of aromatic nitrogens is 5.